The molecular weight excluding hydrogens is 160 g/mol. The predicted molar refractivity (Wildman–Crippen MR) is 53.2 cm³/mol. The molecule has 0 aromatic carbocycles. The third kappa shape index (κ3) is 1.19. The molecule has 0 heterocycles. The molecule has 0 saturated heterocycles. The van der Waals surface area contributed by atoms with Gasteiger partial charge in [0.15, 0.2) is 5.78 Å². The minimum atomic E-state index is 0.148. The second-order valence-corrected chi connectivity index (χ2v) is 3.92. The summed E-state index contributed by atoms with van der Waals surface area (Å²) in [5.41, 5.74) is 1.12. The number of fused-ring (bicyclic) bond motifs is 1. The van der Waals surface area contributed by atoms with E-state index >= 15 is 0 Å². The summed E-state index contributed by atoms with van der Waals surface area (Å²) < 4.78 is 0. The SMILES string of the molecule is C=C[C@@H]1CC[C@@H]2C(=C)C=CC(=O)[C@H]12. The van der Waals surface area contributed by atoms with Crippen molar-refractivity contribution in [3.63, 3.8) is 0 Å². The van der Waals surface area contributed by atoms with E-state index in [1.165, 1.54) is 0 Å². The van der Waals surface area contributed by atoms with Crippen LogP contribution < -0.4 is 0 Å². The van der Waals surface area contributed by atoms with Crippen LogP contribution in [0.3, 0.4) is 0 Å². The molecule has 1 nitrogen and oxygen atoms in total. The number of allylic oxidation sites excluding steroid dienone is 4. The summed E-state index contributed by atoms with van der Waals surface area (Å²) in [6.07, 6.45) is 7.65. The molecule has 1 fully saturated rings. The van der Waals surface area contributed by atoms with E-state index in [1.54, 1.807) is 6.08 Å². The van der Waals surface area contributed by atoms with Crippen molar-refractivity contribution in [2.75, 3.05) is 0 Å². The first-order valence-electron chi connectivity index (χ1n) is 4.77. The Kier molecular flexibility index (Phi) is 1.95. The van der Waals surface area contributed by atoms with Crippen molar-refractivity contribution in [2.45, 2.75) is 12.8 Å². The summed E-state index contributed by atoms with van der Waals surface area (Å²) in [4.78, 5) is 11.6. The van der Waals surface area contributed by atoms with Crippen LogP contribution in [0.25, 0.3) is 0 Å². The lowest BCUT2D eigenvalue weighted by Gasteiger charge is -2.24. The van der Waals surface area contributed by atoms with E-state index in [0.717, 1.165) is 18.4 Å². The Morgan fingerprint density at radius 3 is 2.85 bits per heavy atom. The summed E-state index contributed by atoms with van der Waals surface area (Å²) in [5, 5.41) is 0. The maximum Gasteiger partial charge on any atom is 0.159 e. The quantitative estimate of drug-likeness (QED) is 0.558. The van der Waals surface area contributed by atoms with Crippen LogP contribution in [0.2, 0.25) is 0 Å². The van der Waals surface area contributed by atoms with Gasteiger partial charge >= 0.3 is 0 Å². The predicted octanol–water partition coefficient (Wildman–Crippen LogP) is 2.51. The Bertz CT molecular complexity index is 298. The maximum absolute atomic E-state index is 11.6. The molecule has 68 valence electrons. The van der Waals surface area contributed by atoms with Crippen molar-refractivity contribution in [1.29, 1.82) is 0 Å². The standard InChI is InChI=1S/C12H14O/c1-3-9-5-6-10-8(2)4-7-11(13)12(9)10/h3-4,7,9-10,12H,1-2,5-6H2/t9-,10-,12-/m1/s1. The molecule has 1 saturated carbocycles. The third-order valence-electron chi connectivity index (χ3n) is 3.27. The third-order valence-corrected chi connectivity index (χ3v) is 3.27. The van der Waals surface area contributed by atoms with Crippen LogP contribution >= 0.6 is 0 Å². The highest BCUT2D eigenvalue weighted by molar-refractivity contribution is 5.94. The normalized spacial score (nSPS) is 37.7. The highest BCUT2D eigenvalue weighted by Gasteiger charge is 2.40. The molecular formula is C12H14O. The topological polar surface area (TPSA) is 17.1 Å². The number of carbonyl (C=O) groups is 1. The van der Waals surface area contributed by atoms with Crippen LogP contribution in [0.15, 0.2) is 37.0 Å². The van der Waals surface area contributed by atoms with Crippen LogP contribution in [0, 0.1) is 17.8 Å². The first kappa shape index (κ1) is 8.49. The second kappa shape index (κ2) is 2.99. The summed E-state index contributed by atoms with van der Waals surface area (Å²) in [7, 11) is 0. The molecule has 0 bridgehead atoms. The molecule has 0 unspecified atom stereocenters. The molecule has 0 radical (unpaired) electrons. The van der Waals surface area contributed by atoms with Crippen LogP contribution in [-0.4, -0.2) is 5.78 Å². The minimum absolute atomic E-state index is 0.148. The van der Waals surface area contributed by atoms with Gasteiger partial charge in [-0.3, -0.25) is 4.79 Å². The number of rotatable bonds is 1. The van der Waals surface area contributed by atoms with Gasteiger partial charge in [-0.25, -0.2) is 0 Å². The van der Waals surface area contributed by atoms with E-state index in [1.807, 2.05) is 12.2 Å². The summed E-state index contributed by atoms with van der Waals surface area (Å²) in [6, 6.07) is 0. The fourth-order valence-electron chi connectivity index (χ4n) is 2.54. The van der Waals surface area contributed by atoms with E-state index in [4.69, 9.17) is 0 Å². The Morgan fingerprint density at radius 1 is 1.38 bits per heavy atom. The van der Waals surface area contributed by atoms with Gasteiger partial charge in [0.25, 0.3) is 0 Å². The van der Waals surface area contributed by atoms with Crippen molar-refractivity contribution in [3.05, 3.63) is 37.0 Å². The molecule has 0 amide bonds. The molecule has 2 rings (SSSR count). The van der Waals surface area contributed by atoms with E-state index in [2.05, 4.69) is 13.2 Å². The molecule has 2 aliphatic carbocycles. The molecule has 1 heteroatoms. The molecule has 0 aliphatic heterocycles. The van der Waals surface area contributed by atoms with Crippen LogP contribution in [0.4, 0.5) is 0 Å². The molecule has 0 aromatic heterocycles. The fraction of sp³-hybridized carbons (Fsp3) is 0.417. The summed E-state index contributed by atoms with van der Waals surface area (Å²) >= 11 is 0. The van der Waals surface area contributed by atoms with Gasteiger partial charge in [-0.1, -0.05) is 24.3 Å². The summed E-state index contributed by atoms with van der Waals surface area (Å²) in [6.45, 7) is 7.77. The van der Waals surface area contributed by atoms with Crippen molar-refractivity contribution in [2.24, 2.45) is 17.8 Å². The first-order chi connectivity index (χ1) is 6.24. The van der Waals surface area contributed by atoms with Crippen molar-refractivity contribution in [1.82, 2.24) is 0 Å². The van der Waals surface area contributed by atoms with E-state index in [-0.39, 0.29) is 11.7 Å². The molecule has 2 aliphatic rings. The molecule has 0 N–H and O–H groups in total. The largest absolute Gasteiger partial charge is 0.294 e. The van der Waals surface area contributed by atoms with Gasteiger partial charge in [-0.15, -0.1) is 6.58 Å². The zero-order valence-electron chi connectivity index (χ0n) is 7.70. The average molecular weight is 174 g/mol. The van der Waals surface area contributed by atoms with Gasteiger partial charge in [0, 0.05) is 5.92 Å². The van der Waals surface area contributed by atoms with Crippen molar-refractivity contribution >= 4 is 5.78 Å². The van der Waals surface area contributed by atoms with Crippen molar-refractivity contribution in [3.8, 4) is 0 Å². The van der Waals surface area contributed by atoms with E-state index in [9.17, 15) is 4.79 Å². The second-order valence-electron chi connectivity index (χ2n) is 3.92. The molecule has 0 spiro atoms. The Morgan fingerprint density at radius 2 is 2.15 bits per heavy atom. The summed E-state index contributed by atoms with van der Waals surface area (Å²) in [5.74, 6) is 1.18. The lowest BCUT2D eigenvalue weighted by molar-refractivity contribution is -0.119. The zero-order chi connectivity index (χ0) is 9.42. The van der Waals surface area contributed by atoms with Crippen LogP contribution in [0.5, 0.6) is 0 Å². The molecule has 0 aromatic rings. The number of ketones is 1. The Labute approximate surface area is 78.8 Å². The van der Waals surface area contributed by atoms with Gasteiger partial charge in [-0.2, -0.15) is 0 Å². The lowest BCUT2D eigenvalue weighted by Crippen LogP contribution is -2.26. The average Bonchev–Trinajstić information content (AvgIpc) is 2.56. The minimum Gasteiger partial charge on any atom is -0.294 e. The molecule has 13 heavy (non-hydrogen) atoms. The van der Waals surface area contributed by atoms with E-state index in [0.29, 0.717) is 11.8 Å². The maximum atomic E-state index is 11.6. The zero-order valence-corrected chi connectivity index (χ0v) is 7.70. The highest BCUT2D eigenvalue weighted by Crippen LogP contribution is 2.44. The van der Waals surface area contributed by atoms with Gasteiger partial charge in [0.1, 0.15) is 0 Å². The monoisotopic (exact) mass is 174 g/mol. The number of hydrogen-bond acceptors (Lipinski definition) is 1. The van der Waals surface area contributed by atoms with Crippen LogP contribution in [-0.2, 0) is 4.79 Å². The smallest absolute Gasteiger partial charge is 0.159 e. The number of hydrogen-bond donors (Lipinski definition) is 0. The highest BCUT2D eigenvalue weighted by atomic mass is 16.1. The van der Waals surface area contributed by atoms with Crippen molar-refractivity contribution < 1.29 is 4.79 Å². The number of carbonyl (C=O) groups excluding carboxylic acids is 1. The Balaban J connectivity index is 2.33. The first-order valence-corrected chi connectivity index (χ1v) is 4.77. The molecule has 3 atom stereocenters. The Hall–Kier alpha value is -1.11. The van der Waals surface area contributed by atoms with Gasteiger partial charge < -0.3 is 0 Å². The van der Waals surface area contributed by atoms with Crippen LogP contribution in [0.1, 0.15) is 12.8 Å². The lowest BCUT2D eigenvalue weighted by atomic mass is 9.78. The van der Waals surface area contributed by atoms with Gasteiger partial charge in [0.2, 0.25) is 0 Å². The van der Waals surface area contributed by atoms with Gasteiger partial charge in [0.05, 0.1) is 0 Å². The fourth-order valence-corrected chi connectivity index (χ4v) is 2.54. The van der Waals surface area contributed by atoms with Gasteiger partial charge in [-0.05, 0) is 30.8 Å². The van der Waals surface area contributed by atoms with E-state index < -0.39 is 0 Å².